The molecule has 0 N–H and O–H groups in total. The largest absolute Gasteiger partial charge is 0.320 e. The highest BCUT2D eigenvalue weighted by atomic mass is 35.5. The third-order valence-corrected chi connectivity index (χ3v) is 5.82. The molecule has 110 valence electrons. The van der Waals surface area contributed by atoms with Crippen molar-refractivity contribution < 1.29 is 17.6 Å². The van der Waals surface area contributed by atoms with Crippen molar-refractivity contribution in [1.82, 2.24) is 9.88 Å². The second kappa shape index (κ2) is 5.87. The summed E-state index contributed by atoms with van der Waals surface area (Å²) in [5, 5.41) is -1.06. The SMILES string of the molecule is CS(=O)(=O)C1CSCCN1C(=O)c1cc(F)cnc1Cl. The molecule has 2 heterocycles. The Hall–Kier alpha value is -0.860. The van der Waals surface area contributed by atoms with Crippen LogP contribution in [-0.4, -0.2) is 53.9 Å². The number of hydrogen-bond donors (Lipinski definition) is 0. The lowest BCUT2D eigenvalue weighted by atomic mass is 10.2. The van der Waals surface area contributed by atoms with Gasteiger partial charge in [0.15, 0.2) is 9.84 Å². The van der Waals surface area contributed by atoms with Crippen LogP contribution < -0.4 is 0 Å². The number of thioether (sulfide) groups is 1. The second-order valence-corrected chi connectivity index (χ2v) is 8.06. The lowest BCUT2D eigenvalue weighted by molar-refractivity contribution is 0.0749. The summed E-state index contributed by atoms with van der Waals surface area (Å²) in [6.45, 7) is 0.272. The van der Waals surface area contributed by atoms with Crippen molar-refractivity contribution in [2.75, 3.05) is 24.3 Å². The van der Waals surface area contributed by atoms with Gasteiger partial charge in [0.05, 0.1) is 11.8 Å². The highest BCUT2D eigenvalue weighted by Crippen LogP contribution is 2.24. The van der Waals surface area contributed by atoms with Gasteiger partial charge in [0.2, 0.25) is 0 Å². The topological polar surface area (TPSA) is 67.3 Å². The summed E-state index contributed by atoms with van der Waals surface area (Å²) in [6, 6.07) is 0.971. The van der Waals surface area contributed by atoms with Crippen LogP contribution >= 0.6 is 23.4 Å². The Labute approximate surface area is 125 Å². The van der Waals surface area contributed by atoms with Gasteiger partial charge in [-0.3, -0.25) is 4.79 Å². The Morgan fingerprint density at radius 2 is 2.30 bits per heavy atom. The fraction of sp³-hybridized carbons (Fsp3) is 0.455. The Morgan fingerprint density at radius 3 is 2.95 bits per heavy atom. The van der Waals surface area contributed by atoms with E-state index in [-0.39, 0.29) is 17.3 Å². The van der Waals surface area contributed by atoms with E-state index >= 15 is 0 Å². The number of nitrogens with zero attached hydrogens (tertiary/aromatic N) is 2. The van der Waals surface area contributed by atoms with Gasteiger partial charge in [-0.25, -0.2) is 17.8 Å². The van der Waals surface area contributed by atoms with Crippen LogP contribution in [0, 0.1) is 5.82 Å². The zero-order chi connectivity index (χ0) is 14.9. The van der Waals surface area contributed by atoms with Crippen LogP contribution in [0.2, 0.25) is 5.15 Å². The molecule has 1 aliphatic heterocycles. The van der Waals surface area contributed by atoms with Crippen LogP contribution in [0.4, 0.5) is 4.39 Å². The van der Waals surface area contributed by atoms with E-state index in [9.17, 15) is 17.6 Å². The average Bonchev–Trinajstić information content (AvgIpc) is 2.40. The molecule has 1 unspecified atom stereocenters. The van der Waals surface area contributed by atoms with Crippen LogP contribution in [0.1, 0.15) is 10.4 Å². The maximum Gasteiger partial charge on any atom is 0.258 e. The molecule has 2 rings (SSSR count). The number of hydrogen-bond acceptors (Lipinski definition) is 5. The first kappa shape index (κ1) is 15.5. The van der Waals surface area contributed by atoms with Gasteiger partial charge in [0.1, 0.15) is 16.3 Å². The van der Waals surface area contributed by atoms with E-state index in [2.05, 4.69) is 4.98 Å². The van der Waals surface area contributed by atoms with Gasteiger partial charge < -0.3 is 4.90 Å². The molecule has 1 aromatic rings. The minimum absolute atomic E-state index is 0.118. The number of aromatic nitrogens is 1. The van der Waals surface area contributed by atoms with Gasteiger partial charge in [-0.1, -0.05) is 11.6 Å². The van der Waals surface area contributed by atoms with Gasteiger partial charge in [0.25, 0.3) is 5.91 Å². The van der Waals surface area contributed by atoms with E-state index in [0.717, 1.165) is 18.5 Å². The Morgan fingerprint density at radius 1 is 1.60 bits per heavy atom. The van der Waals surface area contributed by atoms with Crippen LogP contribution in [0.15, 0.2) is 12.3 Å². The fourth-order valence-corrected chi connectivity index (χ4v) is 4.89. The molecule has 0 spiro atoms. The van der Waals surface area contributed by atoms with E-state index < -0.39 is 26.9 Å². The normalized spacial score (nSPS) is 19.9. The van der Waals surface area contributed by atoms with Gasteiger partial charge in [0, 0.05) is 24.3 Å². The second-order valence-electron chi connectivity index (χ2n) is 4.35. The molecule has 1 amide bonds. The van der Waals surface area contributed by atoms with Crippen molar-refractivity contribution in [3.63, 3.8) is 0 Å². The van der Waals surface area contributed by atoms with Crippen molar-refractivity contribution in [3.8, 4) is 0 Å². The van der Waals surface area contributed by atoms with E-state index in [1.54, 1.807) is 0 Å². The fourth-order valence-electron chi connectivity index (χ4n) is 1.90. The van der Waals surface area contributed by atoms with Crippen LogP contribution in [0.3, 0.4) is 0 Å². The first-order valence-corrected chi connectivity index (χ1v) is 9.18. The molecule has 9 heteroatoms. The summed E-state index contributed by atoms with van der Waals surface area (Å²) in [4.78, 5) is 17.2. The lowest BCUT2D eigenvalue weighted by Gasteiger charge is -2.34. The predicted molar refractivity (Wildman–Crippen MR) is 76.2 cm³/mol. The Balaban J connectivity index is 2.37. The third kappa shape index (κ3) is 3.24. The Bertz CT molecular complexity index is 639. The summed E-state index contributed by atoms with van der Waals surface area (Å²) >= 11 is 7.25. The van der Waals surface area contributed by atoms with Crippen LogP contribution in [0.5, 0.6) is 0 Å². The Kier molecular flexibility index (Phi) is 4.55. The summed E-state index contributed by atoms with van der Waals surface area (Å²) in [5.41, 5.74) is -0.118. The predicted octanol–water partition coefficient (Wildman–Crippen LogP) is 1.43. The molecular formula is C11H12ClFN2O3S2. The number of amides is 1. The van der Waals surface area contributed by atoms with Gasteiger partial charge in [-0.05, 0) is 6.07 Å². The van der Waals surface area contributed by atoms with Gasteiger partial charge in [-0.15, -0.1) is 0 Å². The zero-order valence-corrected chi connectivity index (χ0v) is 12.9. The number of pyridine rings is 1. The highest BCUT2D eigenvalue weighted by Gasteiger charge is 2.35. The molecule has 20 heavy (non-hydrogen) atoms. The summed E-state index contributed by atoms with van der Waals surface area (Å²) in [6.07, 6.45) is 1.98. The van der Waals surface area contributed by atoms with E-state index in [1.807, 2.05) is 0 Å². The molecule has 5 nitrogen and oxygen atoms in total. The summed E-state index contributed by atoms with van der Waals surface area (Å²) in [5.74, 6) is -0.388. The minimum Gasteiger partial charge on any atom is -0.320 e. The quantitative estimate of drug-likeness (QED) is 0.763. The number of carbonyl (C=O) groups excluding carboxylic acids is 1. The molecule has 0 bridgehead atoms. The van der Waals surface area contributed by atoms with Crippen molar-refractivity contribution in [2.24, 2.45) is 0 Å². The number of halogens is 2. The van der Waals surface area contributed by atoms with Crippen molar-refractivity contribution in [3.05, 3.63) is 28.8 Å². The van der Waals surface area contributed by atoms with E-state index in [1.165, 1.54) is 16.7 Å². The van der Waals surface area contributed by atoms with Gasteiger partial charge >= 0.3 is 0 Å². The number of rotatable bonds is 2. The maximum atomic E-state index is 13.2. The summed E-state index contributed by atoms with van der Waals surface area (Å²) < 4.78 is 36.7. The highest BCUT2D eigenvalue weighted by molar-refractivity contribution is 8.00. The molecule has 0 saturated carbocycles. The van der Waals surface area contributed by atoms with Gasteiger partial charge in [-0.2, -0.15) is 11.8 Å². The monoisotopic (exact) mass is 338 g/mol. The first-order valence-electron chi connectivity index (χ1n) is 5.69. The maximum absolute atomic E-state index is 13.2. The number of carbonyl (C=O) groups is 1. The molecule has 1 saturated heterocycles. The molecule has 0 aliphatic carbocycles. The molecule has 1 fully saturated rings. The molecule has 1 aliphatic rings. The standard InChI is InChI=1S/C11H12ClFN2O3S2/c1-20(17,18)9-6-19-3-2-15(9)11(16)8-4-7(13)5-14-10(8)12/h4-5,9H,2-3,6H2,1H3. The molecule has 1 aromatic heterocycles. The molecule has 0 radical (unpaired) electrons. The van der Waals surface area contributed by atoms with Crippen molar-refractivity contribution >= 4 is 39.1 Å². The van der Waals surface area contributed by atoms with E-state index in [4.69, 9.17) is 11.6 Å². The lowest BCUT2D eigenvalue weighted by Crippen LogP contribution is -2.50. The number of sulfone groups is 1. The zero-order valence-electron chi connectivity index (χ0n) is 10.5. The van der Waals surface area contributed by atoms with Crippen LogP contribution in [0.25, 0.3) is 0 Å². The average molecular weight is 339 g/mol. The minimum atomic E-state index is -3.42. The molecular weight excluding hydrogens is 327 g/mol. The third-order valence-electron chi connectivity index (χ3n) is 2.88. The molecule has 1 atom stereocenters. The van der Waals surface area contributed by atoms with Crippen molar-refractivity contribution in [1.29, 1.82) is 0 Å². The van der Waals surface area contributed by atoms with E-state index in [0.29, 0.717) is 11.5 Å². The smallest absolute Gasteiger partial charge is 0.258 e. The summed E-state index contributed by atoms with van der Waals surface area (Å²) in [7, 11) is -3.42. The molecule has 0 aromatic carbocycles. The van der Waals surface area contributed by atoms with Crippen molar-refractivity contribution in [2.45, 2.75) is 5.37 Å². The van der Waals surface area contributed by atoms with Crippen LogP contribution in [-0.2, 0) is 9.84 Å². The first-order chi connectivity index (χ1) is 9.30.